The number of hydrogen-bond donors (Lipinski definition) is 0. The zero-order valence-corrected chi connectivity index (χ0v) is 13.6. The Morgan fingerprint density at radius 2 is 1.48 bits per heavy atom. The van der Waals surface area contributed by atoms with Gasteiger partial charge < -0.3 is 23.7 Å². The summed E-state index contributed by atoms with van der Waals surface area (Å²) in [6.07, 6.45) is -3.47. The minimum atomic E-state index is -1.49. The van der Waals surface area contributed by atoms with Gasteiger partial charge >= 0.3 is 23.9 Å². The lowest BCUT2D eigenvalue weighted by Gasteiger charge is -2.32. The summed E-state index contributed by atoms with van der Waals surface area (Å²) in [5.41, 5.74) is -1.49. The molecule has 1 aliphatic heterocycles. The van der Waals surface area contributed by atoms with E-state index in [-0.39, 0.29) is 6.61 Å². The van der Waals surface area contributed by atoms with Gasteiger partial charge in [-0.3, -0.25) is 19.2 Å². The van der Waals surface area contributed by atoms with Gasteiger partial charge in [-0.25, -0.2) is 0 Å². The Morgan fingerprint density at radius 1 is 0.913 bits per heavy atom. The van der Waals surface area contributed by atoms with Crippen LogP contribution in [0.25, 0.3) is 0 Å². The first kappa shape index (κ1) is 18.9. The van der Waals surface area contributed by atoms with E-state index in [1.54, 1.807) is 0 Å². The van der Waals surface area contributed by atoms with Gasteiger partial charge in [-0.05, 0) is 6.92 Å². The maximum absolute atomic E-state index is 11.4. The second-order valence-corrected chi connectivity index (χ2v) is 5.21. The summed E-state index contributed by atoms with van der Waals surface area (Å²) in [4.78, 5) is 44.9. The molecule has 9 nitrogen and oxygen atoms in total. The van der Waals surface area contributed by atoms with Gasteiger partial charge in [-0.15, -0.1) is 0 Å². The predicted molar refractivity (Wildman–Crippen MR) is 72.8 cm³/mol. The standard InChI is InChI=1S/C14H20O9/c1-7(15)19-6-11-14(5,23-10(4)18)12(20-8(2)16)13(22-11)21-9(3)17/h11-13H,6H2,1-5H3/t11-,12+,13-,14+/m1/s1. The second kappa shape index (κ2) is 7.40. The van der Waals surface area contributed by atoms with E-state index in [9.17, 15) is 19.2 Å². The molecule has 0 amide bonds. The van der Waals surface area contributed by atoms with Crippen molar-refractivity contribution in [3.05, 3.63) is 0 Å². The average molecular weight is 332 g/mol. The van der Waals surface area contributed by atoms with Crippen LogP contribution in [0.3, 0.4) is 0 Å². The van der Waals surface area contributed by atoms with Crippen LogP contribution in [0, 0.1) is 0 Å². The van der Waals surface area contributed by atoms with E-state index in [2.05, 4.69) is 0 Å². The number of carbonyl (C=O) groups excluding carboxylic acids is 4. The van der Waals surface area contributed by atoms with Crippen LogP contribution in [0.15, 0.2) is 0 Å². The fourth-order valence-corrected chi connectivity index (χ4v) is 2.26. The first-order valence-electron chi connectivity index (χ1n) is 6.89. The molecule has 1 aliphatic rings. The van der Waals surface area contributed by atoms with Crippen molar-refractivity contribution in [2.75, 3.05) is 6.61 Å². The summed E-state index contributed by atoms with van der Waals surface area (Å²) in [5.74, 6) is -2.59. The fraction of sp³-hybridized carbons (Fsp3) is 0.714. The predicted octanol–water partition coefficient (Wildman–Crippen LogP) is 0.0910. The Morgan fingerprint density at radius 3 is 1.91 bits per heavy atom. The molecule has 130 valence electrons. The molecule has 1 fully saturated rings. The Hall–Kier alpha value is -2.16. The average Bonchev–Trinajstić information content (AvgIpc) is 2.59. The van der Waals surface area contributed by atoms with Gasteiger partial charge in [-0.2, -0.15) is 0 Å². The molecule has 0 aromatic carbocycles. The van der Waals surface area contributed by atoms with E-state index in [0.717, 1.165) is 20.8 Å². The van der Waals surface area contributed by atoms with Gasteiger partial charge in [0.05, 0.1) is 0 Å². The number of hydrogen-bond acceptors (Lipinski definition) is 9. The van der Waals surface area contributed by atoms with E-state index >= 15 is 0 Å². The molecule has 0 radical (unpaired) electrons. The molecule has 0 N–H and O–H groups in total. The second-order valence-electron chi connectivity index (χ2n) is 5.21. The summed E-state index contributed by atoms with van der Waals surface area (Å²) >= 11 is 0. The van der Waals surface area contributed by atoms with E-state index in [1.165, 1.54) is 13.8 Å². The minimum Gasteiger partial charge on any atom is -0.463 e. The van der Waals surface area contributed by atoms with Crippen molar-refractivity contribution >= 4 is 23.9 Å². The van der Waals surface area contributed by atoms with Crippen LogP contribution < -0.4 is 0 Å². The zero-order valence-electron chi connectivity index (χ0n) is 13.6. The van der Waals surface area contributed by atoms with E-state index in [4.69, 9.17) is 23.7 Å². The summed E-state index contributed by atoms with van der Waals surface area (Å²) in [6.45, 7) is 5.84. The van der Waals surface area contributed by atoms with Crippen molar-refractivity contribution in [2.45, 2.75) is 58.7 Å². The van der Waals surface area contributed by atoms with Crippen molar-refractivity contribution in [3.63, 3.8) is 0 Å². The molecule has 0 unspecified atom stereocenters. The zero-order chi connectivity index (χ0) is 17.8. The van der Waals surface area contributed by atoms with Crippen LogP contribution in [-0.2, 0) is 42.9 Å². The highest BCUT2D eigenvalue weighted by atomic mass is 16.8. The number of rotatable bonds is 5. The highest BCUT2D eigenvalue weighted by Gasteiger charge is 2.60. The van der Waals surface area contributed by atoms with Crippen LogP contribution in [0.1, 0.15) is 34.6 Å². The summed E-state index contributed by atoms with van der Waals surface area (Å²) in [5, 5.41) is 0. The maximum atomic E-state index is 11.4. The quantitative estimate of drug-likeness (QED) is 0.510. The van der Waals surface area contributed by atoms with Crippen LogP contribution in [0.4, 0.5) is 0 Å². The summed E-state index contributed by atoms with van der Waals surface area (Å²) < 4.78 is 25.7. The highest BCUT2D eigenvalue weighted by Crippen LogP contribution is 2.37. The molecule has 1 saturated heterocycles. The maximum Gasteiger partial charge on any atom is 0.305 e. The third-order valence-electron chi connectivity index (χ3n) is 3.13. The molecule has 1 rings (SSSR count). The Kier molecular flexibility index (Phi) is 6.08. The largest absolute Gasteiger partial charge is 0.463 e. The van der Waals surface area contributed by atoms with E-state index in [1.807, 2.05) is 0 Å². The lowest BCUT2D eigenvalue weighted by molar-refractivity contribution is -0.199. The van der Waals surface area contributed by atoms with Crippen molar-refractivity contribution in [1.29, 1.82) is 0 Å². The number of esters is 4. The molecule has 0 aliphatic carbocycles. The van der Waals surface area contributed by atoms with Crippen LogP contribution in [-0.4, -0.2) is 54.6 Å². The molecule has 1 heterocycles. The number of carbonyl (C=O) groups is 4. The lowest BCUT2D eigenvalue weighted by Crippen LogP contribution is -2.52. The Bertz CT molecular complexity index is 500. The van der Waals surface area contributed by atoms with Gasteiger partial charge in [0.15, 0.2) is 5.60 Å². The van der Waals surface area contributed by atoms with Crippen molar-refractivity contribution in [3.8, 4) is 0 Å². The smallest absolute Gasteiger partial charge is 0.305 e. The molecule has 0 aromatic rings. The van der Waals surface area contributed by atoms with Crippen molar-refractivity contribution in [2.24, 2.45) is 0 Å². The van der Waals surface area contributed by atoms with Gasteiger partial charge in [-0.1, -0.05) is 0 Å². The van der Waals surface area contributed by atoms with Crippen LogP contribution in [0.2, 0.25) is 0 Å². The molecular formula is C14H20O9. The molecule has 0 bridgehead atoms. The summed E-state index contributed by atoms with van der Waals surface area (Å²) in [7, 11) is 0. The molecular weight excluding hydrogens is 312 g/mol. The first-order valence-corrected chi connectivity index (χ1v) is 6.89. The number of ether oxygens (including phenoxy) is 5. The topological polar surface area (TPSA) is 114 Å². The lowest BCUT2D eigenvalue weighted by atomic mass is 9.94. The molecule has 4 atom stereocenters. The van der Waals surface area contributed by atoms with Crippen molar-refractivity contribution < 1.29 is 42.9 Å². The van der Waals surface area contributed by atoms with Crippen LogP contribution in [0.5, 0.6) is 0 Å². The summed E-state index contributed by atoms with van der Waals surface area (Å²) in [6, 6.07) is 0. The molecule has 0 spiro atoms. The van der Waals surface area contributed by atoms with Gasteiger partial charge in [0, 0.05) is 27.7 Å². The molecule has 23 heavy (non-hydrogen) atoms. The Labute approximate surface area is 133 Å². The normalized spacial score (nSPS) is 29.5. The first-order chi connectivity index (χ1) is 10.6. The van der Waals surface area contributed by atoms with Gasteiger partial charge in [0.25, 0.3) is 0 Å². The van der Waals surface area contributed by atoms with Gasteiger partial charge in [0.1, 0.15) is 12.7 Å². The van der Waals surface area contributed by atoms with Crippen LogP contribution >= 0.6 is 0 Å². The third-order valence-corrected chi connectivity index (χ3v) is 3.13. The minimum absolute atomic E-state index is 0.269. The van der Waals surface area contributed by atoms with E-state index < -0.39 is 48.0 Å². The van der Waals surface area contributed by atoms with E-state index in [0.29, 0.717) is 0 Å². The SMILES string of the molecule is CC(=O)OC[C@H]1O[C@@H](OC(C)=O)[C@H](OC(C)=O)[C@@]1(C)OC(C)=O. The third kappa shape index (κ3) is 4.92. The molecule has 0 aromatic heterocycles. The fourth-order valence-electron chi connectivity index (χ4n) is 2.26. The Balaban J connectivity index is 3.12. The monoisotopic (exact) mass is 332 g/mol. The van der Waals surface area contributed by atoms with Crippen molar-refractivity contribution in [1.82, 2.24) is 0 Å². The van der Waals surface area contributed by atoms with Gasteiger partial charge in [0.2, 0.25) is 12.4 Å². The molecule has 9 heteroatoms. The highest BCUT2D eigenvalue weighted by molar-refractivity contribution is 5.69. The molecule has 0 saturated carbocycles.